The zero-order valence-electron chi connectivity index (χ0n) is 14.5. The number of ether oxygens (including phenoxy) is 2. The Morgan fingerprint density at radius 3 is 2.29 bits per heavy atom. The number of fused-ring (bicyclic) bond motifs is 1. The Morgan fingerprint density at radius 1 is 1.04 bits per heavy atom. The number of carbonyl (C=O) groups is 1. The van der Waals surface area contributed by atoms with Gasteiger partial charge in [0.2, 0.25) is 6.29 Å². The van der Waals surface area contributed by atoms with Crippen LogP contribution in [-0.2, 0) is 9.53 Å². The van der Waals surface area contributed by atoms with Gasteiger partial charge >= 0.3 is 11.6 Å². The molecule has 10 N–H and O–H groups in total. The van der Waals surface area contributed by atoms with Crippen molar-refractivity contribution in [2.75, 3.05) is 0 Å². The summed E-state index contributed by atoms with van der Waals surface area (Å²) in [6.45, 7) is 1.74. The van der Waals surface area contributed by atoms with Crippen LogP contribution in [0.3, 0.4) is 0 Å². The lowest BCUT2D eigenvalue weighted by molar-refractivity contribution is -0.271. The molecule has 0 radical (unpaired) electrons. The van der Waals surface area contributed by atoms with E-state index in [-0.39, 0.29) is 27.8 Å². The van der Waals surface area contributed by atoms with Gasteiger partial charge in [-0.25, -0.2) is 9.59 Å². The van der Waals surface area contributed by atoms with E-state index < -0.39 is 42.3 Å². The molecule has 2 aromatic rings. The van der Waals surface area contributed by atoms with E-state index in [1.165, 1.54) is 18.2 Å². The Balaban J connectivity index is 0.00000243. The normalized spacial score (nSPS) is 26.4. The monoisotopic (exact) mass is 406 g/mol. The van der Waals surface area contributed by atoms with Gasteiger partial charge in [-0.15, -0.1) is 0 Å². The highest BCUT2D eigenvalue weighted by atomic mass is 16.7. The molecular formula is C16H22O12. The molecule has 0 unspecified atom stereocenters. The first kappa shape index (κ1) is 25.4. The Kier molecular flexibility index (Phi) is 8.68. The molecule has 0 bridgehead atoms. The van der Waals surface area contributed by atoms with E-state index in [1.807, 2.05) is 0 Å². The minimum atomic E-state index is -1.80. The van der Waals surface area contributed by atoms with E-state index >= 15 is 0 Å². The molecule has 1 aromatic carbocycles. The Morgan fingerprint density at radius 2 is 1.68 bits per heavy atom. The van der Waals surface area contributed by atoms with Gasteiger partial charge in [-0.3, -0.25) is 0 Å². The second kappa shape index (κ2) is 9.57. The molecular weight excluding hydrogens is 384 g/mol. The fourth-order valence-electron chi connectivity index (χ4n) is 2.66. The molecule has 1 aliphatic heterocycles. The van der Waals surface area contributed by atoms with Crippen molar-refractivity contribution in [3.63, 3.8) is 0 Å². The molecule has 1 aromatic heterocycles. The number of carboxylic acid groups (broad SMARTS) is 1. The number of aliphatic hydroxyl groups is 3. The number of carboxylic acids is 1. The molecule has 0 saturated carbocycles. The molecule has 1 aliphatic rings. The molecule has 28 heavy (non-hydrogen) atoms. The summed E-state index contributed by atoms with van der Waals surface area (Å²) in [4.78, 5) is 22.5. The molecule has 5 atom stereocenters. The van der Waals surface area contributed by atoms with Crippen molar-refractivity contribution in [2.45, 2.75) is 37.6 Å². The Labute approximate surface area is 157 Å². The molecule has 0 amide bonds. The molecule has 0 aliphatic carbocycles. The summed E-state index contributed by atoms with van der Waals surface area (Å²) in [6.07, 6.45) is -8.53. The second-order valence-electron chi connectivity index (χ2n) is 5.76. The van der Waals surface area contributed by atoms with Crippen LogP contribution in [-0.4, -0.2) is 73.5 Å². The van der Waals surface area contributed by atoms with Gasteiger partial charge in [0.1, 0.15) is 29.6 Å². The first-order valence-electron chi connectivity index (χ1n) is 7.41. The lowest BCUT2D eigenvalue weighted by atomic mass is 9.99. The maximum atomic E-state index is 11.5. The van der Waals surface area contributed by atoms with Crippen LogP contribution in [0.2, 0.25) is 0 Å². The van der Waals surface area contributed by atoms with Gasteiger partial charge in [0, 0.05) is 17.5 Å². The van der Waals surface area contributed by atoms with Crippen LogP contribution >= 0.6 is 0 Å². The average Bonchev–Trinajstić information content (AvgIpc) is 2.54. The topological polar surface area (TPSA) is 241 Å². The molecule has 158 valence electrons. The highest BCUT2D eigenvalue weighted by Crippen LogP contribution is 2.27. The van der Waals surface area contributed by atoms with Gasteiger partial charge in [-0.2, -0.15) is 0 Å². The lowest BCUT2D eigenvalue weighted by Crippen LogP contribution is -2.61. The predicted molar refractivity (Wildman–Crippen MR) is 93.0 cm³/mol. The molecule has 0 spiro atoms. The first-order chi connectivity index (χ1) is 11.8. The van der Waals surface area contributed by atoms with Crippen LogP contribution in [0.4, 0.5) is 0 Å². The van der Waals surface area contributed by atoms with Crippen LogP contribution in [0, 0.1) is 6.92 Å². The third-order valence-electron chi connectivity index (χ3n) is 3.99. The van der Waals surface area contributed by atoms with Crippen LogP contribution in [0.25, 0.3) is 11.0 Å². The largest absolute Gasteiger partial charge is 0.479 e. The van der Waals surface area contributed by atoms with E-state index in [0.29, 0.717) is 10.9 Å². The summed E-state index contributed by atoms with van der Waals surface area (Å²) in [5.74, 6) is -1.38. The van der Waals surface area contributed by atoms with Crippen molar-refractivity contribution in [3.05, 3.63) is 40.2 Å². The summed E-state index contributed by atoms with van der Waals surface area (Å²) in [5, 5.41) is 39.1. The highest BCUT2D eigenvalue weighted by Gasteiger charge is 2.48. The molecule has 12 nitrogen and oxygen atoms in total. The molecule has 2 heterocycles. The van der Waals surface area contributed by atoms with Crippen molar-refractivity contribution in [1.29, 1.82) is 0 Å². The summed E-state index contributed by atoms with van der Waals surface area (Å²) in [7, 11) is 0. The minimum Gasteiger partial charge on any atom is -0.479 e. The van der Waals surface area contributed by atoms with E-state index in [0.717, 1.165) is 0 Å². The Hall–Kier alpha value is -2.58. The van der Waals surface area contributed by atoms with Gasteiger partial charge in [-0.1, -0.05) is 0 Å². The second-order valence-corrected chi connectivity index (χ2v) is 5.76. The van der Waals surface area contributed by atoms with Gasteiger partial charge < -0.3 is 50.7 Å². The third kappa shape index (κ3) is 4.63. The number of aryl methyl sites for hydroxylation is 1. The Bertz CT molecular complexity index is 862. The van der Waals surface area contributed by atoms with E-state index in [2.05, 4.69) is 0 Å². The highest BCUT2D eigenvalue weighted by molar-refractivity contribution is 5.81. The fourth-order valence-corrected chi connectivity index (χ4v) is 2.66. The average molecular weight is 406 g/mol. The first-order valence-corrected chi connectivity index (χ1v) is 7.41. The quantitative estimate of drug-likeness (QED) is 0.376. The fraction of sp³-hybridized carbons (Fsp3) is 0.375. The molecule has 1 saturated heterocycles. The van der Waals surface area contributed by atoms with Gasteiger partial charge in [0.15, 0.2) is 6.10 Å². The zero-order chi connectivity index (χ0) is 18.3. The van der Waals surface area contributed by atoms with Crippen LogP contribution in [0.5, 0.6) is 5.75 Å². The van der Waals surface area contributed by atoms with Crippen LogP contribution in [0.1, 0.15) is 5.56 Å². The van der Waals surface area contributed by atoms with Gasteiger partial charge in [0.05, 0.1) is 0 Å². The maximum absolute atomic E-state index is 11.5. The number of aliphatic hydroxyl groups excluding tert-OH is 3. The van der Waals surface area contributed by atoms with Crippen LogP contribution < -0.4 is 10.4 Å². The van der Waals surface area contributed by atoms with E-state index in [1.54, 1.807) is 13.0 Å². The van der Waals surface area contributed by atoms with Crippen LogP contribution in [0.15, 0.2) is 33.5 Å². The summed E-state index contributed by atoms with van der Waals surface area (Å²) >= 11 is 0. The summed E-state index contributed by atoms with van der Waals surface area (Å²) in [5.41, 5.74) is 0.403. The number of hydrogen-bond donors (Lipinski definition) is 4. The third-order valence-corrected chi connectivity index (χ3v) is 3.99. The van der Waals surface area contributed by atoms with Gasteiger partial charge in [0.25, 0.3) is 0 Å². The van der Waals surface area contributed by atoms with Crippen molar-refractivity contribution in [3.8, 4) is 5.75 Å². The smallest absolute Gasteiger partial charge is 0.336 e. The van der Waals surface area contributed by atoms with Crippen molar-refractivity contribution in [2.24, 2.45) is 0 Å². The van der Waals surface area contributed by atoms with E-state index in [9.17, 15) is 24.9 Å². The standard InChI is InChI=1S/C16H16O9.3H2O/c1-6-4-10(17)24-9-5-7(2-3-8(6)9)23-16-13(20)11(18)12(19)14(25-16)15(21)22;;;/h2-5,11-14,16,18-20H,1H3,(H,21,22);3*1H2/t11-,12-,13+,14-,16+;;;/m0.../s1. The van der Waals surface area contributed by atoms with Crippen molar-refractivity contribution >= 4 is 16.9 Å². The van der Waals surface area contributed by atoms with E-state index in [4.69, 9.17) is 19.0 Å². The minimum absolute atomic E-state index is 0. The maximum Gasteiger partial charge on any atom is 0.336 e. The molecule has 1 fully saturated rings. The molecule has 12 heteroatoms. The van der Waals surface area contributed by atoms with Crippen molar-refractivity contribution in [1.82, 2.24) is 0 Å². The predicted octanol–water partition coefficient (Wildman–Crippen LogP) is -3.10. The zero-order valence-corrected chi connectivity index (χ0v) is 14.5. The number of aliphatic carboxylic acids is 1. The number of hydrogen-bond acceptors (Lipinski definition) is 8. The number of rotatable bonds is 3. The summed E-state index contributed by atoms with van der Waals surface area (Å²) < 4.78 is 15.5. The summed E-state index contributed by atoms with van der Waals surface area (Å²) in [6, 6.07) is 5.86. The SMILES string of the molecule is Cc1cc(=O)oc2cc(O[C@@H]3O[C@H](C(=O)O)[C@@H](O)[C@H](O)[C@H]3O)ccc12.O.O.O. The molecule has 3 rings (SSSR count). The number of benzene rings is 1. The lowest BCUT2D eigenvalue weighted by Gasteiger charge is -2.38. The van der Waals surface area contributed by atoms with Gasteiger partial charge in [-0.05, 0) is 24.6 Å². The van der Waals surface area contributed by atoms with Crippen molar-refractivity contribution < 1.29 is 55.5 Å².